The third kappa shape index (κ3) is 3.18. The van der Waals surface area contributed by atoms with E-state index < -0.39 is 5.92 Å². The van der Waals surface area contributed by atoms with Crippen LogP contribution in [0.5, 0.6) is 0 Å². The molecule has 4 nitrogen and oxygen atoms in total. The van der Waals surface area contributed by atoms with Crippen molar-refractivity contribution in [2.75, 3.05) is 13.1 Å². The fraction of sp³-hybridized carbons (Fsp3) is 0.222. The molecule has 1 saturated heterocycles. The van der Waals surface area contributed by atoms with Gasteiger partial charge in [-0.2, -0.15) is 0 Å². The van der Waals surface area contributed by atoms with E-state index in [9.17, 15) is 13.6 Å². The molecular formula is C18H14ClF2N3OS. The molecule has 3 aromatic rings. The zero-order chi connectivity index (χ0) is 18.5. The lowest BCUT2D eigenvalue weighted by molar-refractivity contribution is -0.133. The molecule has 0 spiro atoms. The number of fused-ring (bicyclic) bond motifs is 1. The smallest absolute Gasteiger partial charge is 0.272 e. The summed E-state index contributed by atoms with van der Waals surface area (Å²) in [6, 6.07) is 12.1. The average Bonchev–Trinajstić information content (AvgIpc) is 2.55. The van der Waals surface area contributed by atoms with E-state index in [0.717, 1.165) is 5.56 Å². The van der Waals surface area contributed by atoms with Crippen LogP contribution in [0, 0.1) is 4.77 Å². The predicted molar refractivity (Wildman–Crippen MR) is 100.0 cm³/mol. The Morgan fingerprint density at radius 1 is 1.15 bits per heavy atom. The van der Waals surface area contributed by atoms with E-state index in [1.807, 2.05) is 12.1 Å². The van der Waals surface area contributed by atoms with Crippen molar-refractivity contribution in [2.45, 2.75) is 12.5 Å². The molecule has 0 radical (unpaired) electrons. The minimum Gasteiger partial charge on any atom is -0.331 e. The standard InChI is InChI=1S/C18H14ClF2N3OS/c19-12-3-6-15-14(7-12)16(25)24(17(26)22-15)13-4-1-11(2-5-13)8-23-9-18(20,21)10-23/h1-7H,8-10H2,(H,22,26). The van der Waals surface area contributed by atoms with Gasteiger partial charge in [-0.1, -0.05) is 23.7 Å². The van der Waals surface area contributed by atoms with Gasteiger partial charge in [0.2, 0.25) is 0 Å². The molecule has 0 unspecified atom stereocenters. The van der Waals surface area contributed by atoms with Gasteiger partial charge < -0.3 is 4.98 Å². The molecule has 8 heteroatoms. The van der Waals surface area contributed by atoms with Crippen LogP contribution < -0.4 is 5.56 Å². The molecule has 0 aliphatic carbocycles. The number of nitrogens with zero attached hydrogens (tertiary/aromatic N) is 2. The Morgan fingerprint density at radius 3 is 2.50 bits per heavy atom. The first kappa shape index (κ1) is 17.3. The number of rotatable bonds is 3. The van der Waals surface area contributed by atoms with Crippen molar-refractivity contribution in [1.29, 1.82) is 0 Å². The molecule has 4 rings (SSSR count). The van der Waals surface area contributed by atoms with Crippen LogP contribution >= 0.6 is 23.8 Å². The van der Waals surface area contributed by atoms with E-state index in [1.165, 1.54) is 4.57 Å². The molecule has 0 saturated carbocycles. The number of aromatic nitrogens is 2. The molecule has 134 valence electrons. The summed E-state index contributed by atoms with van der Waals surface area (Å²) in [4.78, 5) is 17.5. The van der Waals surface area contributed by atoms with Crippen molar-refractivity contribution in [1.82, 2.24) is 14.5 Å². The molecule has 1 fully saturated rings. The number of benzene rings is 2. The Morgan fingerprint density at radius 2 is 1.85 bits per heavy atom. The molecule has 0 bridgehead atoms. The fourth-order valence-electron chi connectivity index (χ4n) is 3.15. The fourth-order valence-corrected chi connectivity index (χ4v) is 3.62. The van der Waals surface area contributed by atoms with Gasteiger partial charge >= 0.3 is 0 Å². The highest BCUT2D eigenvalue weighted by Gasteiger charge is 2.43. The molecular weight excluding hydrogens is 380 g/mol. The molecule has 2 heterocycles. The van der Waals surface area contributed by atoms with Gasteiger partial charge in [0.25, 0.3) is 11.5 Å². The summed E-state index contributed by atoms with van der Waals surface area (Å²) in [5.41, 5.74) is 1.87. The van der Waals surface area contributed by atoms with Gasteiger partial charge in [-0.3, -0.25) is 14.3 Å². The molecule has 1 aliphatic heterocycles. The summed E-state index contributed by atoms with van der Waals surface area (Å²) in [5, 5.41) is 0.909. The summed E-state index contributed by atoms with van der Waals surface area (Å²) in [5.74, 6) is -2.58. The maximum absolute atomic E-state index is 12.9. The summed E-state index contributed by atoms with van der Waals surface area (Å²) in [6.07, 6.45) is 0. The number of halogens is 3. The van der Waals surface area contributed by atoms with E-state index in [4.69, 9.17) is 23.8 Å². The second kappa shape index (κ2) is 6.26. The number of H-pyrrole nitrogens is 1. The summed E-state index contributed by atoms with van der Waals surface area (Å²) < 4.78 is 27.5. The third-order valence-corrected chi connectivity index (χ3v) is 4.89. The summed E-state index contributed by atoms with van der Waals surface area (Å²) >= 11 is 11.3. The van der Waals surface area contributed by atoms with Crippen LogP contribution in [-0.4, -0.2) is 33.5 Å². The lowest BCUT2D eigenvalue weighted by atomic mass is 10.1. The Balaban J connectivity index is 1.67. The van der Waals surface area contributed by atoms with Crippen molar-refractivity contribution >= 4 is 34.7 Å². The quantitative estimate of drug-likeness (QED) is 0.679. The minimum atomic E-state index is -2.58. The van der Waals surface area contributed by atoms with E-state index in [2.05, 4.69) is 4.98 Å². The Hall–Kier alpha value is -2.09. The number of likely N-dealkylation sites (tertiary alicyclic amines) is 1. The van der Waals surface area contributed by atoms with Gasteiger partial charge in [0, 0.05) is 11.6 Å². The highest BCUT2D eigenvalue weighted by Crippen LogP contribution is 2.28. The third-order valence-electron chi connectivity index (χ3n) is 4.37. The highest BCUT2D eigenvalue weighted by molar-refractivity contribution is 7.71. The number of nitrogens with one attached hydrogen (secondary N) is 1. The maximum Gasteiger partial charge on any atom is 0.272 e. The lowest BCUT2D eigenvalue weighted by Crippen LogP contribution is -2.55. The lowest BCUT2D eigenvalue weighted by Gasteiger charge is -2.38. The normalized spacial score (nSPS) is 16.6. The van der Waals surface area contributed by atoms with E-state index in [1.54, 1.807) is 35.2 Å². The first-order chi connectivity index (χ1) is 12.3. The molecule has 1 aromatic heterocycles. The highest BCUT2D eigenvalue weighted by atomic mass is 35.5. The Kier molecular flexibility index (Phi) is 4.17. The van der Waals surface area contributed by atoms with Crippen molar-refractivity contribution in [3.05, 3.63) is 68.2 Å². The second-order valence-electron chi connectivity index (χ2n) is 6.43. The SMILES string of the molecule is O=c1c2cc(Cl)ccc2[nH]c(=S)n1-c1ccc(CN2CC(F)(F)C2)cc1. The largest absolute Gasteiger partial charge is 0.331 e. The summed E-state index contributed by atoms with van der Waals surface area (Å²) in [7, 11) is 0. The van der Waals surface area contributed by atoms with Crippen molar-refractivity contribution in [3.8, 4) is 5.69 Å². The molecule has 0 atom stereocenters. The first-order valence-corrected chi connectivity index (χ1v) is 8.75. The van der Waals surface area contributed by atoms with Crippen LogP contribution in [-0.2, 0) is 6.54 Å². The zero-order valence-corrected chi connectivity index (χ0v) is 15.1. The molecule has 2 aromatic carbocycles. The van der Waals surface area contributed by atoms with Crippen LogP contribution in [0.25, 0.3) is 16.6 Å². The van der Waals surface area contributed by atoms with Crippen LogP contribution in [0.2, 0.25) is 5.02 Å². The Labute approximate surface area is 157 Å². The van der Waals surface area contributed by atoms with Crippen LogP contribution in [0.3, 0.4) is 0 Å². The molecule has 26 heavy (non-hydrogen) atoms. The average molecular weight is 394 g/mol. The van der Waals surface area contributed by atoms with Gasteiger partial charge in [0.1, 0.15) is 0 Å². The Bertz CT molecular complexity index is 1100. The van der Waals surface area contributed by atoms with E-state index in [0.29, 0.717) is 28.2 Å². The van der Waals surface area contributed by atoms with Crippen molar-refractivity contribution in [2.24, 2.45) is 0 Å². The number of hydrogen-bond donors (Lipinski definition) is 1. The summed E-state index contributed by atoms with van der Waals surface area (Å²) in [6.45, 7) is 0.0147. The van der Waals surface area contributed by atoms with Gasteiger partial charge in [0.15, 0.2) is 4.77 Å². The maximum atomic E-state index is 12.9. The molecule has 0 amide bonds. The van der Waals surface area contributed by atoms with Gasteiger partial charge in [-0.05, 0) is 48.1 Å². The number of alkyl halides is 2. The van der Waals surface area contributed by atoms with Gasteiger partial charge in [-0.15, -0.1) is 0 Å². The number of aromatic amines is 1. The van der Waals surface area contributed by atoms with Gasteiger partial charge in [0.05, 0.1) is 29.7 Å². The van der Waals surface area contributed by atoms with E-state index in [-0.39, 0.29) is 23.4 Å². The van der Waals surface area contributed by atoms with Crippen LogP contribution in [0.4, 0.5) is 8.78 Å². The van der Waals surface area contributed by atoms with Crippen LogP contribution in [0.1, 0.15) is 5.56 Å². The molecule has 1 aliphatic rings. The minimum absolute atomic E-state index is 0.217. The predicted octanol–water partition coefficient (Wildman–Crippen LogP) is 4.15. The van der Waals surface area contributed by atoms with Gasteiger partial charge in [-0.25, -0.2) is 8.78 Å². The first-order valence-electron chi connectivity index (χ1n) is 7.96. The van der Waals surface area contributed by atoms with Crippen LogP contribution in [0.15, 0.2) is 47.3 Å². The zero-order valence-electron chi connectivity index (χ0n) is 13.5. The van der Waals surface area contributed by atoms with E-state index >= 15 is 0 Å². The second-order valence-corrected chi connectivity index (χ2v) is 7.25. The monoisotopic (exact) mass is 393 g/mol. The van der Waals surface area contributed by atoms with Crippen molar-refractivity contribution in [3.63, 3.8) is 0 Å². The molecule has 1 N–H and O–H groups in total. The number of hydrogen-bond acceptors (Lipinski definition) is 3. The topological polar surface area (TPSA) is 41.0 Å². The van der Waals surface area contributed by atoms with Crippen molar-refractivity contribution < 1.29 is 8.78 Å².